The Hall–Kier alpha value is -2.16. The molecule has 0 saturated heterocycles. The van der Waals surface area contributed by atoms with Gasteiger partial charge in [-0.05, 0) is 83.3 Å². The Bertz CT molecular complexity index is 1060. The summed E-state index contributed by atoms with van der Waals surface area (Å²) in [4.78, 5) is 25.4. The van der Waals surface area contributed by atoms with E-state index in [1.807, 2.05) is 0 Å². The number of thiocarbonyl (C=S) groups is 1. The Morgan fingerprint density at radius 3 is 2.53 bits per heavy atom. The molecular weight excluding hydrogens is 538 g/mol. The molecule has 0 unspecified atom stereocenters. The fourth-order valence-electron chi connectivity index (χ4n) is 3.64. The molecule has 2 aromatic rings. The first kappa shape index (κ1) is 26.4. The van der Waals surface area contributed by atoms with Crippen molar-refractivity contribution < 1.29 is 14.3 Å². The monoisotopic (exact) mass is 565 g/mol. The minimum Gasteiger partial charge on any atom is -0.492 e. The van der Waals surface area contributed by atoms with E-state index in [-0.39, 0.29) is 23.0 Å². The summed E-state index contributed by atoms with van der Waals surface area (Å²) in [7, 11) is 0. The lowest BCUT2D eigenvalue weighted by Gasteiger charge is -2.23. The van der Waals surface area contributed by atoms with Gasteiger partial charge in [0.05, 0.1) is 21.7 Å². The van der Waals surface area contributed by atoms with E-state index < -0.39 is 0 Å². The van der Waals surface area contributed by atoms with Crippen molar-refractivity contribution in [1.29, 1.82) is 0 Å². The van der Waals surface area contributed by atoms with Gasteiger partial charge in [0.2, 0.25) is 0 Å². The zero-order valence-electron chi connectivity index (χ0n) is 19.3. The molecule has 0 spiro atoms. The summed E-state index contributed by atoms with van der Waals surface area (Å²) in [5.74, 6) is 0.495. The fraction of sp³-hybridized carbons (Fsp3) is 0.400. The first-order valence-electron chi connectivity index (χ1n) is 11.4. The summed E-state index contributed by atoms with van der Waals surface area (Å²) < 4.78 is 6.41. The molecule has 2 amide bonds. The Balaban J connectivity index is 1.60. The molecule has 1 aliphatic rings. The van der Waals surface area contributed by atoms with Gasteiger partial charge in [-0.3, -0.25) is 14.9 Å². The van der Waals surface area contributed by atoms with Crippen molar-refractivity contribution in [1.82, 2.24) is 10.6 Å². The zero-order chi connectivity index (χ0) is 24.7. The lowest BCUT2D eigenvalue weighted by atomic mass is 9.95. The lowest BCUT2D eigenvalue weighted by molar-refractivity contribution is 0.0926. The second-order valence-corrected chi connectivity index (χ2v) is 10.4. The van der Waals surface area contributed by atoms with E-state index >= 15 is 0 Å². The number of hydrogen-bond donors (Lipinski definition) is 3. The molecule has 0 aliphatic heterocycles. The van der Waals surface area contributed by atoms with Crippen LogP contribution in [0.2, 0.25) is 5.02 Å². The highest BCUT2D eigenvalue weighted by Gasteiger charge is 2.19. The molecule has 0 heterocycles. The average Bonchev–Trinajstić information content (AvgIpc) is 2.79. The van der Waals surface area contributed by atoms with E-state index in [1.165, 1.54) is 6.42 Å². The summed E-state index contributed by atoms with van der Waals surface area (Å²) in [5, 5.41) is 9.15. The Morgan fingerprint density at radius 1 is 1.12 bits per heavy atom. The van der Waals surface area contributed by atoms with E-state index in [1.54, 1.807) is 36.4 Å². The van der Waals surface area contributed by atoms with Gasteiger partial charge in [0.15, 0.2) is 5.11 Å². The number of nitrogens with one attached hydrogen (secondary N) is 3. The number of carbonyl (C=O) groups is 2. The van der Waals surface area contributed by atoms with E-state index in [2.05, 4.69) is 45.7 Å². The average molecular weight is 567 g/mol. The first-order chi connectivity index (χ1) is 16.2. The van der Waals surface area contributed by atoms with Gasteiger partial charge in [-0.2, -0.15) is 0 Å². The third kappa shape index (κ3) is 7.68. The molecule has 0 bridgehead atoms. The standard InChI is InChI=1S/C25H29BrClN3O3S/c1-15(2)14-33-22-11-8-16(12-20(22)26)23(31)30-25(34)29-18-9-10-21(27)19(13-18)24(32)28-17-6-4-3-5-7-17/h8-13,15,17H,3-7,14H2,1-2H3,(H,28,32)(H2,29,30,31,34). The van der Waals surface area contributed by atoms with Crippen molar-refractivity contribution in [3.8, 4) is 5.75 Å². The molecule has 1 aliphatic carbocycles. The van der Waals surface area contributed by atoms with Crippen LogP contribution in [0.3, 0.4) is 0 Å². The molecule has 0 atom stereocenters. The van der Waals surface area contributed by atoms with Crippen LogP contribution in [-0.4, -0.2) is 29.6 Å². The lowest BCUT2D eigenvalue weighted by Crippen LogP contribution is -2.36. The third-order valence-corrected chi connectivity index (χ3v) is 6.56. The van der Waals surface area contributed by atoms with Crippen LogP contribution < -0.4 is 20.7 Å². The van der Waals surface area contributed by atoms with Crippen LogP contribution in [0, 0.1) is 5.92 Å². The largest absolute Gasteiger partial charge is 0.492 e. The Labute approximate surface area is 219 Å². The summed E-state index contributed by atoms with van der Waals surface area (Å²) in [6.07, 6.45) is 5.43. The highest BCUT2D eigenvalue weighted by molar-refractivity contribution is 9.10. The second kappa shape index (κ2) is 12.5. The third-order valence-electron chi connectivity index (χ3n) is 5.40. The number of rotatable bonds is 7. The zero-order valence-corrected chi connectivity index (χ0v) is 22.4. The van der Waals surface area contributed by atoms with E-state index in [9.17, 15) is 9.59 Å². The number of ether oxygens (including phenoxy) is 1. The highest BCUT2D eigenvalue weighted by Crippen LogP contribution is 2.27. The number of benzene rings is 2. The maximum absolute atomic E-state index is 12.7. The molecular formula is C25H29BrClN3O3S. The molecule has 3 N–H and O–H groups in total. The molecule has 1 saturated carbocycles. The molecule has 6 nitrogen and oxygen atoms in total. The van der Waals surface area contributed by atoms with Crippen molar-refractivity contribution in [2.45, 2.75) is 52.0 Å². The SMILES string of the molecule is CC(C)COc1ccc(C(=O)NC(=S)Nc2ccc(Cl)c(C(=O)NC3CCCCC3)c2)cc1Br. The molecule has 9 heteroatoms. The molecule has 3 rings (SSSR count). The van der Waals surface area contributed by atoms with E-state index in [0.717, 1.165) is 25.7 Å². The topological polar surface area (TPSA) is 79.5 Å². The Kier molecular flexibility index (Phi) is 9.74. The summed E-state index contributed by atoms with van der Waals surface area (Å²) in [6, 6.07) is 10.3. The van der Waals surface area contributed by atoms with Gasteiger partial charge in [-0.15, -0.1) is 0 Å². The number of anilines is 1. The maximum atomic E-state index is 12.7. The normalized spacial score (nSPS) is 13.9. The maximum Gasteiger partial charge on any atom is 0.257 e. The van der Waals surface area contributed by atoms with Crippen LogP contribution in [-0.2, 0) is 0 Å². The smallest absolute Gasteiger partial charge is 0.257 e. The molecule has 182 valence electrons. The van der Waals surface area contributed by atoms with Gasteiger partial charge in [0.1, 0.15) is 5.75 Å². The molecule has 0 radical (unpaired) electrons. The Morgan fingerprint density at radius 2 is 1.85 bits per heavy atom. The predicted molar refractivity (Wildman–Crippen MR) is 144 cm³/mol. The van der Waals surface area contributed by atoms with Gasteiger partial charge < -0.3 is 15.4 Å². The number of amides is 2. The summed E-state index contributed by atoms with van der Waals surface area (Å²) in [6.45, 7) is 4.72. The molecule has 34 heavy (non-hydrogen) atoms. The van der Waals surface area contributed by atoms with Crippen LogP contribution in [0.1, 0.15) is 66.7 Å². The summed E-state index contributed by atoms with van der Waals surface area (Å²) >= 11 is 15.0. The van der Waals surface area contributed by atoms with Crippen LogP contribution in [0.5, 0.6) is 5.75 Å². The summed E-state index contributed by atoms with van der Waals surface area (Å²) in [5.41, 5.74) is 1.35. The van der Waals surface area contributed by atoms with E-state index in [0.29, 0.717) is 44.6 Å². The van der Waals surface area contributed by atoms with Gasteiger partial charge in [0, 0.05) is 17.3 Å². The molecule has 0 aromatic heterocycles. The van der Waals surface area contributed by atoms with Crippen LogP contribution in [0.4, 0.5) is 5.69 Å². The number of hydrogen-bond acceptors (Lipinski definition) is 4. The van der Waals surface area contributed by atoms with Crippen LogP contribution in [0.25, 0.3) is 0 Å². The van der Waals surface area contributed by atoms with Gasteiger partial charge in [-0.1, -0.05) is 44.7 Å². The predicted octanol–water partition coefficient (Wildman–Crippen LogP) is 6.33. The van der Waals surface area contributed by atoms with Crippen molar-refractivity contribution in [2.24, 2.45) is 5.92 Å². The quantitative estimate of drug-likeness (QED) is 0.342. The van der Waals surface area contributed by atoms with E-state index in [4.69, 9.17) is 28.6 Å². The number of carbonyl (C=O) groups excluding carboxylic acids is 2. The van der Waals surface area contributed by atoms with Gasteiger partial charge in [0.25, 0.3) is 11.8 Å². The second-order valence-electron chi connectivity index (χ2n) is 8.76. The molecule has 2 aromatic carbocycles. The van der Waals surface area contributed by atoms with Crippen molar-refractivity contribution in [2.75, 3.05) is 11.9 Å². The number of halogens is 2. The van der Waals surface area contributed by atoms with Gasteiger partial charge >= 0.3 is 0 Å². The van der Waals surface area contributed by atoms with Crippen LogP contribution in [0.15, 0.2) is 40.9 Å². The minimum atomic E-state index is -0.363. The van der Waals surface area contributed by atoms with Crippen molar-refractivity contribution >= 4 is 62.4 Å². The van der Waals surface area contributed by atoms with Crippen LogP contribution >= 0.6 is 39.7 Å². The van der Waals surface area contributed by atoms with Crippen molar-refractivity contribution in [3.05, 3.63) is 57.0 Å². The first-order valence-corrected chi connectivity index (χ1v) is 13.0. The highest BCUT2D eigenvalue weighted by atomic mass is 79.9. The minimum absolute atomic E-state index is 0.113. The van der Waals surface area contributed by atoms with Gasteiger partial charge in [-0.25, -0.2) is 0 Å². The van der Waals surface area contributed by atoms with Crippen molar-refractivity contribution in [3.63, 3.8) is 0 Å². The fourth-order valence-corrected chi connectivity index (χ4v) is 4.55. The molecule has 1 fully saturated rings.